The van der Waals surface area contributed by atoms with Crippen molar-refractivity contribution in [3.05, 3.63) is 41.2 Å². The van der Waals surface area contributed by atoms with E-state index in [0.29, 0.717) is 0 Å². The fourth-order valence-corrected chi connectivity index (χ4v) is 1.49. The minimum absolute atomic E-state index is 0.0510. The summed E-state index contributed by atoms with van der Waals surface area (Å²) in [6.45, 7) is 0. The molecule has 9 nitrogen and oxygen atoms in total. The van der Waals surface area contributed by atoms with E-state index in [1.807, 2.05) is 0 Å². The van der Waals surface area contributed by atoms with Crippen LogP contribution in [0.5, 0.6) is 0 Å². The number of primary amides is 2. The molecular weight excluding hydrogens is 264 g/mol. The number of aromatic nitrogens is 3. The molecule has 0 aliphatic rings. The van der Waals surface area contributed by atoms with Crippen molar-refractivity contribution in [2.45, 2.75) is 0 Å². The zero-order valence-electron chi connectivity index (χ0n) is 10.1. The van der Waals surface area contributed by atoms with E-state index in [1.54, 1.807) is 0 Å². The van der Waals surface area contributed by atoms with E-state index in [2.05, 4.69) is 20.7 Å². The number of carbonyl (C=O) groups is 3. The molecule has 0 fully saturated rings. The van der Waals surface area contributed by atoms with Crippen LogP contribution in [0, 0.1) is 0 Å². The van der Waals surface area contributed by atoms with Crippen LogP contribution in [0.25, 0.3) is 0 Å². The van der Waals surface area contributed by atoms with Crippen LogP contribution in [0.1, 0.15) is 31.2 Å². The summed E-state index contributed by atoms with van der Waals surface area (Å²) >= 11 is 0. The Morgan fingerprint density at radius 3 is 2.10 bits per heavy atom. The maximum Gasteiger partial charge on any atom is 0.277 e. The smallest absolute Gasteiger partial charge is 0.277 e. The molecule has 0 aliphatic carbocycles. The summed E-state index contributed by atoms with van der Waals surface area (Å²) in [6, 6.07) is 3.90. The Hall–Kier alpha value is -3.23. The predicted octanol–water partition coefficient (Wildman–Crippen LogP) is -0.745. The SMILES string of the molecule is NC(=O)c1cc(NC(=O)c2cn[nH]n2)cc(C(N)=O)c1. The summed E-state index contributed by atoms with van der Waals surface area (Å²) in [5.41, 5.74) is 10.6. The molecule has 0 saturated heterocycles. The second-order valence-corrected chi connectivity index (χ2v) is 3.84. The Morgan fingerprint density at radius 1 is 1.05 bits per heavy atom. The van der Waals surface area contributed by atoms with Crippen LogP contribution in [-0.2, 0) is 0 Å². The maximum absolute atomic E-state index is 11.8. The molecule has 2 rings (SSSR count). The van der Waals surface area contributed by atoms with E-state index in [0.717, 1.165) is 0 Å². The van der Waals surface area contributed by atoms with Gasteiger partial charge in [0.1, 0.15) is 0 Å². The summed E-state index contributed by atoms with van der Waals surface area (Å²) in [4.78, 5) is 34.1. The van der Waals surface area contributed by atoms with Crippen molar-refractivity contribution >= 4 is 23.4 Å². The van der Waals surface area contributed by atoms with Gasteiger partial charge in [0.15, 0.2) is 5.69 Å². The van der Waals surface area contributed by atoms with Gasteiger partial charge in [0.25, 0.3) is 5.91 Å². The molecule has 0 bridgehead atoms. The van der Waals surface area contributed by atoms with Crippen molar-refractivity contribution in [1.82, 2.24) is 15.4 Å². The van der Waals surface area contributed by atoms with Crippen molar-refractivity contribution < 1.29 is 14.4 Å². The molecule has 0 aliphatic heterocycles. The molecule has 0 spiro atoms. The Morgan fingerprint density at radius 2 is 1.65 bits per heavy atom. The highest BCUT2D eigenvalue weighted by molar-refractivity contribution is 6.05. The van der Waals surface area contributed by atoms with Crippen molar-refractivity contribution in [3.8, 4) is 0 Å². The number of nitrogens with zero attached hydrogens (tertiary/aromatic N) is 2. The number of anilines is 1. The molecule has 9 heteroatoms. The molecule has 1 aromatic carbocycles. The van der Waals surface area contributed by atoms with Crippen LogP contribution in [-0.4, -0.2) is 33.1 Å². The number of nitrogens with one attached hydrogen (secondary N) is 2. The van der Waals surface area contributed by atoms with Crippen LogP contribution < -0.4 is 16.8 Å². The van der Waals surface area contributed by atoms with Gasteiger partial charge < -0.3 is 16.8 Å². The number of benzene rings is 1. The number of hydrogen-bond donors (Lipinski definition) is 4. The lowest BCUT2D eigenvalue weighted by molar-refractivity contribution is 0.0993. The van der Waals surface area contributed by atoms with Gasteiger partial charge in [0, 0.05) is 16.8 Å². The number of carbonyl (C=O) groups excluding carboxylic acids is 3. The first kappa shape index (κ1) is 13.2. The molecule has 0 unspecified atom stereocenters. The van der Waals surface area contributed by atoms with E-state index >= 15 is 0 Å². The summed E-state index contributed by atoms with van der Waals surface area (Å²) in [5, 5.41) is 11.8. The predicted molar refractivity (Wildman–Crippen MR) is 67.8 cm³/mol. The van der Waals surface area contributed by atoms with Crippen LogP contribution in [0.3, 0.4) is 0 Å². The largest absolute Gasteiger partial charge is 0.366 e. The van der Waals surface area contributed by atoms with Gasteiger partial charge in [0.05, 0.1) is 6.20 Å². The monoisotopic (exact) mass is 274 g/mol. The third-order valence-corrected chi connectivity index (χ3v) is 2.41. The van der Waals surface area contributed by atoms with Gasteiger partial charge in [-0.2, -0.15) is 15.4 Å². The average molecular weight is 274 g/mol. The lowest BCUT2D eigenvalue weighted by Crippen LogP contribution is -2.18. The normalized spacial score (nSPS) is 10.0. The fourth-order valence-electron chi connectivity index (χ4n) is 1.49. The van der Waals surface area contributed by atoms with Gasteiger partial charge in [-0.3, -0.25) is 14.4 Å². The topological polar surface area (TPSA) is 157 Å². The molecule has 0 saturated carbocycles. The number of amides is 3. The second kappa shape index (κ2) is 5.18. The van der Waals surface area contributed by atoms with Crippen LogP contribution in [0.15, 0.2) is 24.4 Å². The summed E-state index contributed by atoms with van der Waals surface area (Å²) in [6.07, 6.45) is 1.22. The average Bonchev–Trinajstić information content (AvgIpc) is 2.92. The van der Waals surface area contributed by atoms with Crippen molar-refractivity contribution in [2.75, 3.05) is 5.32 Å². The van der Waals surface area contributed by atoms with E-state index in [4.69, 9.17) is 11.5 Å². The molecule has 20 heavy (non-hydrogen) atoms. The molecule has 2 aromatic rings. The fraction of sp³-hybridized carbons (Fsp3) is 0. The Kier molecular flexibility index (Phi) is 3.42. The van der Waals surface area contributed by atoms with E-state index < -0.39 is 17.7 Å². The lowest BCUT2D eigenvalue weighted by Gasteiger charge is -2.07. The lowest BCUT2D eigenvalue weighted by atomic mass is 10.1. The zero-order chi connectivity index (χ0) is 14.7. The Labute approximate surface area is 112 Å². The van der Waals surface area contributed by atoms with Crippen LogP contribution in [0.2, 0.25) is 0 Å². The molecule has 102 valence electrons. The summed E-state index contributed by atoms with van der Waals surface area (Å²) in [5.74, 6) is -2.05. The van der Waals surface area contributed by atoms with Crippen molar-refractivity contribution in [2.24, 2.45) is 11.5 Å². The summed E-state index contributed by atoms with van der Waals surface area (Å²) < 4.78 is 0. The standard InChI is InChI=1S/C11H10N6O3/c12-9(18)5-1-6(10(13)19)3-7(2-5)15-11(20)8-4-14-17-16-8/h1-4H,(H2,12,18)(H2,13,19)(H,15,20)(H,14,16,17). The van der Waals surface area contributed by atoms with Gasteiger partial charge in [-0.15, -0.1) is 0 Å². The first-order chi connectivity index (χ1) is 9.47. The third-order valence-electron chi connectivity index (χ3n) is 2.41. The molecule has 6 N–H and O–H groups in total. The Bertz CT molecular complexity index is 647. The van der Waals surface area contributed by atoms with Gasteiger partial charge in [0.2, 0.25) is 11.8 Å². The molecule has 0 atom stereocenters. The molecule has 1 heterocycles. The molecular formula is C11H10N6O3. The number of rotatable bonds is 4. The molecule has 1 aromatic heterocycles. The van der Waals surface area contributed by atoms with E-state index in [-0.39, 0.29) is 22.5 Å². The number of hydrogen-bond acceptors (Lipinski definition) is 5. The van der Waals surface area contributed by atoms with Gasteiger partial charge >= 0.3 is 0 Å². The molecule has 3 amide bonds. The van der Waals surface area contributed by atoms with Crippen molar-refractivity contribution in [1.29, 1.82) is 0 Å². The highest BCUT2D eigenvalue weighted by Crippen LogP contribution is 2.15. The maximum atomic E-state index is 11.8. The second-order valence-electron chi connectivity index (χ2n) is 3.84. The quantitative estimate of drug-likeness (QED) is 0.577. The van der Waals surface area contributed by atoms with Crippen LogP contribution >= 0.6 is 0 Å². The highest BCUT2D eigenvalue weighted by Gasteiger charge is 2.13. The van der Waals surface area contributed by atoms with E-state index in [1.165, 1.54) is 24.4 Å². The van der Waals surface area contributed by atoms with Gasteiger partial charge in [-0.25, -0.2) is 0 Å². The highest BCUT2D eigenvalue weighted by atomic mass is 16.2. The van der Waals surface area contributed by atoms with E-state index in [9.17, 15) is 14.4 Å². The van der Waals surface area contributed by atoms with Gasteiger partial charge in [-0.05, 0) is 18.2 Å². The van der Waals surface area contributed by atoms with Gasteiger partial charge in [-0.1, -0.05) is 0 Å². The molecule has 0 radical (unpaired) electrons. The zero-order valence-corrected chi connectivity index (χ0v) is 10.1. The minimum atomic E-state index is -0.745. The number of H-pyrrole nitrogens is 1. The Balaban J connectivity index is 2.33. The first-order valence-electron chi connectivity index (χ1n) is 5.39. The first-order valence-corrected chi connectivity index (χ1v) is 5.39. The number of aromatic amines is 1. The summed E-state index contributed by atoms with van der Waals surface area (Å²) in [7, 11) is 0. The minimum Gasteiger partial charge on any atom is -0.366 e. The van der Waals surface area contributed by atoms with Crippen molar-refractivity contribution in [3.63, 3.8) is 0 Å². The number of nitrogens with two attached hydrogens (primary N) is 2. The third kappa shape index (κ3) is 2.77. The van der Waals surface area contributed by atoms with Crippen LogP contribution in [0.4, 0.5) is 5.69 Å².